The van der Waals surface area contributed by atoms with Crippen molar-refractivity contribution in [3.8, 4) is 5.75 Å². The summed E-state index contributed by atoms with van der Waals surface area (Å²) in [5.74, 6) is -0.172. The molecule has 1 aliphatic rings. The summed E-state index contributed by atoms with van der Waals surface area (Å²) in [4.78, 5) is 2.43. The molecule has 1 atom stereocenters. The van der Waals surface area contributed by atoms with Gasteiger partial charge in [0.25, 0.3) is 0 Å². The molecule has 0 spiro atoms. The predicted octanol–water partition coefficient (Wildman–Crippen LogP) is 4.18. The molecule has 27 heavy (non-hydrogen) atoms. The highest BCUT2D eigenvalue weighted by Gasteiger charge is 2.21. The zero-order valence-corrected chi connectivity index (χ0v) is 15.5. The zero-order valence-electron chi connectivity index (χ0n) is 15.5. The highest BCUT2D eigenvalue weighted by atomic mass is 19.2. The van der Waals surface area contributed by atoms with Crippen molar-refractivity contribution in [2.24, 2.45) is 5.92 Å². The Kier molecular flexibility index (Phi) is 7.18. The number of benzene rings is 2. The number of para-hydroxylation sites is 1. The molecule has 146 valence electrons. The molecular formula is C22H27F2NO2. The fourth-order valence-corrected chi connectivity index (χ4v) is 3.77. The maximum Gasteiger partial charge on any atom is 0.159 e. The average Bonchev–Trinajstić information content (AvgIpc) is 2.68. The van der Waals surface area contributed by atoms with Crippen molar-refractivity contribution in [2.75, 3.05) is 26.3 Å². The number of aliphatic hydroxyl groups is 1. The van der Waals surface area contributed by atoms with Crippen molar-refractivity contribution in [3.63, 3.8) is 0 Å². The van der Waals surface area contributed by atoms with E-state index in [-0.39, 0.29) is 6.61 Å². The molecule has 2 aromatic carbocycles. The van der Waals surface area contributed by atoms with Crippen LogP contribution in [-0.2, 0) is 13.0 Å². The first-order chi connectivity index (χ1) is 13.2. The van der Waals surface area contributed by atoms with Gasteiger partial charge in [0.1, 0.15) is 12.4 Å². The molecule has 1 N–H and O–H groups in total. The molecule has 0 saturated carbocycles. The number of rotatable bonds is 8. The third kappa shape index (κ3) is 5.75. The van der Waals surface area contributed by atoms with E-state index in [1.807, 2.05) is 18.2 Å². The largest absolute Gasteiger partial charge is 0.491 e. The van der Waals surface area contributed by atoms with Gasteiger partial charge in [-0.05, 0) is 61.9 Å². The first-order valence-electron chi connectivity index (χ1n) is 9.63. The molecule has 0 bridgehead atoms. The van der Waals surface area contributed by atoms with Gasteiger partial charge in [-0.1, -0.05) is 24.3 Å². The molecule has 0 amide bonds. The van der Waals surface area contributed by atoms with Gasteiger partial charge < -0.3 is 9.84 Å². The Balaban J connectivity index is 1.54. The fourth-order valence-electron chi connectivity index (χ4n) is 3.77. The summed E-state index contributed by atoms with van der Waals surface area (Å²) in [6, 6.07) is 12.1. The summed E-state index contributed by atoms with van der Waals surface area (Å²) in [5.41, 5.74) is 1.99. The number of hydrogen-bond acceptors (Lipinski definition) is 3. The van der Waals surface area contributed by atoms with Crippen LogP contribution in [0.15, 0.2) is 42.5 Å². The molecule has 3 nitrogen and oxygen atoms in total. The van der Waals surface area contributed by atoms with Gasteiger partial charge in [-0.3, -0.25) is 4.90 Å². The number of piperidine rings is 1. The van der Waals surface area contributed by atoms with Gasteiger partial charge in [-0.25, -0.2) is 8.78 Å². The van der Waals surface area contributed by atoms with Crippen LogP contribution in [0.5, 0.6) is 5.75 Å². The van der Waals surface area contributed by atoms with Crippen molar-refractivity contribution < 1.29 is 18.6 Å². The maximum absolute atomic E-state index is 13.4. The van der Waals surface area contributed by atoms with Gasteiger partial charge in [-0.2, -0.15) is 0 Å². The molecule has 0 radical (unpaired) electrons. The van der Waals surface area contributed by atoms with E-state index in [1.165, 1.54) is 18.6 Å². The van der Waals surface area contributed by atoms with Crippen LogP contribution < -0.4 is 4.74 Å². The van der Waals surface area contributed by atoms with Gasteiger partial charge in [0.05, 0.1) is 6.61 Å². The van der Waals surface area contributed by atoms with Crippen LogP contribution in [0.3, 0.4) is 0 Å². The lowest BCUT2D eigenvalue weighted by Gasteiger charge is -2.33. The molecule has 1 saturated heterocycles. The smallest absolute Gasteiger partial charge is 0.159 e. The number of aliphatic hydroxyl groups excluding tert-OH is 1. The summed E-state index contributed by atoms with van der Waals surface area (Å²) in [7, 11) is 0. The van der Waals surface area contributed by atoms with E-state index in [0.717, 1.165) is 55.8 Å². The van der Waals surface area contributed by atoms with E-state index < -0.39 is 11.6 Å². The van der Waals surface area contributed by atoms with E-state index in [4.69, 9.17) is 9.84 Å². The molecule has 3 rings (SSSR count). The number of hydrogen-bond donors (Lipinski definition) is 1. The Morgan fingerprint density at radius 2 is 1.96 bits per heavy atom. The highest BCUT2D eigenvalue weighted by Crippen LogP contribution is 2.26. The first-order valence-corrected chi connectivity index (χ1v) is 9.63. The average molecular weight is 375 g/mol. The minimum atomic E-state index is -0.787. The van der Waals surface area contributed by atoms with E-state index in [1.54, 1.807) is 6.07 Å². The lowest BCUT2D eigenvalue weighted by molar-refractivity contribution is 0.157. The topological polar surface area (TPSA) is 32.7 Å². The van der Waals surface area contributed by atoms with E-state index in [0.29, 0.717) is 12.5 Å². The third-order valence-corrected chi connectivity index (χ3v) is 5.14. The van der Waals surface area contributed by atoms with Gasteiger partial charge >= 0.3 is 0 Å². The second-order valence-corrected chi connectivity index (χ2v) is 7.21. The number of likely N-dealkylation sites (tertiary alicyclic amines) is 1. The Morgan fingerprint density at radius 1 is 1.11 bits per heavy atom. The molecule has 5 heteroatoms. The Bertz CT molecular complexity index is 738. The van der Waals surface area contributed by atoms with E-state index in [9.17, 15) is 8.78 Å². The van der Waals surface area contributed by atoms with Gasteiger partial charge in [0.15, 0.2) is 11.6 Å². The van der Waals surface area contributed by atoms with Crippen LogP contribution in [0, 0.1) is 17.6 Å². The fraction of sp³-hybridized carbons (Fsp3) is 0.455. The van der Waals surface area contributed by atoms with Crippen molar-refractivity contribution in [1.82, 2.24) is 4.90 Å². The summed E-state index contributed by atoms with van der Waals surface area (Å²) < 4.78 is 32.1. The van der Waals surface area contributed by atoms with Crippen LogP contribution >= 0.6 is 0 Å². The number of aryl methyl sites for hydroxylation is 1. The van der Waals surface area contributed by atoms with Crippen molar-refractivity contribution in [2.45, 2.75) is 32.2 Å². The number of halogens is 2. The maximum atomic E-state index is 13.4. The highest BCUT2D eigenvalue weighted by molar-refractivity contribution is 5.33. The molecule has 1 unspecified atom stereocenters. The van der Waals surface area contributed by atoms with Crippen LogP contribution in [0.1, 0.15) is 30.4 Å². The standard InChI is InChI=1S/C22H27F2NO2/c23-20-10-9-17(14-21(20)24)7-8-18-4-3-11-25(15-18)16-19-5-1-2-6-22(19)27-13-12-26/h1-2,5-6,9-10,14,18,26H,3-4,7-8,11-13,15-16H2. The molecule has 0 aliphatic carbocycles. The van der Waals surface area contributed by atoms with E-state index in [2.05, 4.69) is 11.0 Å². The summed E-state index contributed by atoms with van der Waals surface area (Å²) in [6.45, 7) is 3.18. The first kappa shape index (κ1) is 19.8. The van der Waals surface area contributed by atoms with Gasteiger partial charge in [-0.15, -0.1) is 0 Å². The van der Waals surface area contributed by atoms with Crippen LogP contribution in [0.2, 0.25) is 0 Å². The minimum absolute atomic E-state index is 0.00407. The second kappa shape index (κ2) is 9.81. The Hall–Kier alpha value is -1.98. The van der Waals surface area contributed by atoms with Gasteiger partial charge in [0, 0.05) is 18.7 Å². The molecular weight excluding hydrogens is 348 g/mol. The van der Waals surface area contributed by atoms with Crippen molar-refractivity contribution in [3.05, 3.63) is 65.2 Å². The van der Waals surface area contributed by atoms with Crippen LogP contribution in [0.25, 0.3) is 0 Å². The zero-order chi connectivity index (χ0) is 19.1. The SMILES string of the molecule is OCCOc1ccccc1CN1CCCC(CCc2ccc(F)c(F)c2)C1. The predicted molar refractivity (Wildman–Crippen MR) is 102 cm³/mol. The number of ether oxygens (including phenoxy) is 1. The van der Waals surface area contributed by atoms with Crippen molar-refractivity contribution in [1.29, 1.82) is 0 Å². The minimum Gasteiger partial charge on any atom is -0.491 e. The lowest BCUT2D eigenvalue weighted by atomic mass is 9.91. The van der Waals surface area contributed by atoms with E-state index >= 15 is 0 Å². The Labute approximate surface area is 159 Å². The monoisotopic (exact) mass is 375 g/mol. The molecule has 0 aromatic heterocycles. The lowest BCUT2D eigenvalue weighted by Crippen LogP contribution is -2.35. The molecule has 1 fully saturated rings. The summed E-state index contributed by atoms with van der Waals surface area (Å²) in [5, 5.41) is 8.98. The Morgan fingerprint density at radius 3 is 2.78 bits per heavy atom. The molecule has 2 aromatic rings. The summed E-state index contributed by atoms with van der Waals surface area (Å²) >= 11 is 0. The van der Waals surface area contributed by atoms with Crippen molar-refractivity contribution >= 4 is 0 Å². The van der Waals surface area contributed by atoms with Crippen LogP contribution in [0.4, 0.5) is 8.78 Å². The molecule has 1 aliphatic heterocycles. The third-order valence-electron chi connectivity index (χ3n) is 5.14. The summed E-state index contributed by atoms with van der Waals surface area (Å²) in [6.07, 6.45) is 4.06. The second-order valence-electron chi connectivity index (χ2n) is 7.21. The van der Waals surface area contributed by atoms with Gasteiger partial charge in [0.2, 0.25) is 0 Å². The molecule has 1 heterocycles. The quantitative estimate of drug-likeness (QED) is 0.751. The number of nitrogens with zero attached hydrogens (tertiary/aromatic N) is 1. The normalized spacial score (nSPS) is 17.8. The van der Waals surface area contributed by atoms with Crippen LogP contribution in [-0.4, -0.2) is 36.3 Å².